The van der Waals surface area contributed by atoms with Gasteiger partial charge in [0.15, 0.2) is 0 Å². The lowest BCUT2D eigenvalue weighted by Gasteiger charge is -2.19. The van der Waals surface area contributed by atoms with Crippen molar-refractivity contribution in [3.8, 4) is 5.75 Å². The highest BCUT2D eigenvalue weighted by Gasteiger charge is 2.15. The van der Waals surface area contributed by atoms with Gasteiger partial charge in [0, 0.05) is 11.9 Å². The Labute approximate surface area is 113 Å². The van der Waals surface area contributed by atoms with E-state index in [2.05, 4.69) is 10.4 Å². The number of hydrazine groups is 1. The average molecular weight is 257 g/mol. The number of nitrogens with zero attached hydrogens (tertiary/aromatic N) is 1. The first kappa shape index (κ1) is 13.5. The molecule has 1 atom stereocenters. The Morgan fingerprint density at radius 1 is 1.32 bits per heavy atom. The van der Waals surface area contributed by atoms with Crippen molar-refractivity contribution in [2.75, 3.05) is 6.61 Å². The molecule has 0 aliphatic carbocycles. The molecular formula is C15H19N3O. The van der Waals surface area contributed by atoms with E-state index < -0.39 is 0 Å². The Balaban J connectivity index is 2.37. The molecule has 1 heterocycles. The zero-order valence-electron chi connectivity index (χ0n) is 11.3. The summed E-state index contributed by atoms with van der Waals surface area (Å²) in [5.41, 5.74) is 5.94. The zero-order chi connectivity index (χ0) is 13.7. The van der Waals surface area contributed by atoms with Gasteiger partial charge in [-0.1, -0.05) is 18.2 Å². The predicted octanol–water partition coefficient (Wildman–Crippen LogP) is 2.34. The fraction of sp³-hybridized carbons (Fsp3) is 0.267. The van der Waals surface area contributed by atoms with Gasteiger partial charge < -0.3 is 4.74 Å². The summed E-state index contributed by atoms with van der Waals surface area (Å²) in [6.45, 7) is 4.60. The van der Waals surface area contributed by atoms with Gasteiger partial charge in [0.05, 0.1) is 12.6 Å². The summed E-state index contributed by atoms with van der Waals surface area (Å²) in [5, 5.41) is 0. The van der Waals surface area contributed by atoms with Crippen LogP contribution in [-0.4, -0.2) is 11.6 Å². The van der Waals surface area contributed by atoms with Gasteiger partial charge in [0.1, 0.15) is 5.75 Å². The third-order valence-electron chi connectivity index (χ3n) is 3.03. The second-order valence-corrected chi connectivity index (χ2v) is 4.28. The lowest BCUT2D eigenvalue weighted by molar-refractivity contribution is 0.339. The molecule has 4 nitrogen and oxygen atoms in total. The summed E-state index contributed by atoms with van der Waals surface area (Å²) in [6, 6.07) is 11.8. The van der Waals surface area contributed by atoms with Crippen LogP contribution in [0.4, 0.5) is 0 Å². The minimum Gasteiger partial charge on any atom is -0.494 e. The van der Waals surface area contributed by atoms with E-state index >= 15 is 0 Å². The molecule has 1 aromatic carbocycles. The lowest BCUT2D eigenvalue weighted by atomic mass is 9.98. The van der Waals surface area contributed by atoms with E-state index in [1.165, 1.54) is 0 Å². The maximum absolute atomic E-state index is 5.71. The first-order valence-electron chi connectivity index (χ1n) is 6.36. The summed E-state index contributed by atoms with van der Waals surface area (Å²) in [4.78, 5) is 4.31. The van der Waals surface area contributed by atoms with Crippen molar-refractivity contribution in [3.63, 3.8) is 0 Å². The van der Waals surface area contributed by atoms with Crippen LogP contribution in [-0.2, 0) is 0 Å². The van der Waals surface area contributed by atoms with Crippen molar-refractivity contribution in [1.82, 2.24) is 10.4 Å². The Bertz CT molecular complexity index is 542. The van der Waals surface area contributed by atoms with Crippen LogP contribution in [0.3, 0.4) is 0 Å². The van der Waals surface area contributed by atoms with Gasteiger partial charge in [-0.25, -0.2) is 5.43 Å². The molecule has 0 saturated carbocycles. The van der Waals surface area contributed by atoms with Crippen LogP contribution in [0.25, 0.3) is 0 Å². The topological polar surface area (TPSA) is 60.2 Å². The molecule has 4 heteroatoms. The molecule has 0 spiro atoms. The van der Waals surface area contributed by atoms with Gasteiger partial charge in [-0.3, -0.25) is 10.8 Å². The first-order chi connectivity index (χ1) is 9.26. The van der Waals surface area contributed by atoms with E-state index in [0.29, 0.717) is 6.61 Å². The van der Waals surface area contributed by atoms with Crippen molar-refractivity contribution < 1.29 is 4.74 Å². The number of aryl methyl sites for hydroxylation is 1. The maximum Gasteiger partial charge on any atom is 0.119 e. The Kier molecular flexibility index (Phi) is 4.49. The third-order valence-corrected chi connectivity index (χ3v) is 3.03. The summed E-state index contributed by atoms with van der Waals surface area (Å²) < 4.78 is 5.52. The van der Waals surface area contributed by atoms with E-state index in [4.69, 9.17) is 10.6 Å². The number of ether oxygens (including phenoxy) is 1. The molecule has 0 saturated heterocycles. The van der Waals surface area contributed by atoms with Gasteiger partial charge in [0.25, 0.3) is 0 Å². The van der Waals surface area contributed by atoms with Crippen molar-refractivity contribution in [2.24, 2.45) is 5.84 Å². The van der Waals surface area contributed by atoms with Crippen molar-refractivity contribution in [2.45, 2.75) is 19.9 Å². The molecule has 3 N–H and O–H groups in total. The third kappa shape index (κ3) is 3.10. The number of rotatable bonds is 5. The highest BCUT2D eigenvalue weighted by Crippen LogP contribution is 2.25. The molecule has 2 aromatic rings. The molecule has 1 unspecified atom stereocenters. The average Bonchev–Trinajstić information content (AvgIpc) is 2.43. The van der Waals surface area contributed by atoms with Gasteiger partial charge in [-0.05, 0) is 43.2 Å². The van der Waals surface area contributed by atoms with Crippen LogP contribution in [0.2, 0.25) is 0 Å². The summed E-state index contributed by atoms with van der Waals surface area (Å²) in [7, 11) is 0. The second-order valence-electron chi connectivity index (χ2n) is 4.28. The maximum atomic E-state index is 5.71. The monoisotopic (exact) mass is 257 g/mol. The van der Waals surface area contributed by atoms with E-state index in [9.17, 15) is 0 Å². The molecule has 0 aliphatic rings. The van der Waals surface area contributed by atoms with Crippen LogP contribution < -0.4 is 16.0 Å². The largest absolute Gasteiger partial charge is 0.494 e. The van der Waals surface area contributed by atoms with Gasteiger partial charge in [-0.15, -0.1) is 0 Å². The number of hydrogen-bond acceptors (Lipinski definition) is 4. The number of aromatic nitrogens is 1. The van der Waals surface area contributed by atoms with Crippen LogP contribution >= 0.6 is 0 Å². The number of hydrogen-bond donors (Lipinski definition) is 2. The smallest absolute Gasteiger partial charge is 0.119 e. The summed E-state index contributed by atoms with van der Waals surface area (Å²) >= 11 is 0. The predicted molar refractivity (Wildman–Crippen MR) is 75.8 cm³/mol. The first-order valence-corrected chi connectivity index (χ1v) is 6.36. The second kappa shape index (κ2) is 6.31. The number of nitrogens with one attached hydrogen (secondary N) is 1. The quantitative estimate of drug-likeness (QED) is 0.637. The van der Waals surface area contributed by atoms with Crippen LogP contribution in [0.15, 0.2) is 42.6 Å². The molecule has 0 aliphatic heterocycles. The van der Waals surface area contributed by atoms with Gasteiger partial charge in [0.2, 0.25) is 0 Å². The van der Waals surface area contributed by atoms with E-state index in [1.807, 2.05) is 50.2 Å². The fourth-order valence-corrected chi connectivity index (χ4v) is 2.12. The number of pyridine rings is 1. The summed E-state index contributed by atoms with van der Waals surface area (Å²) in [6.07, 6.45) is 1.78. The molecular weight excluding hydrogens is 238 g/mol. The fourth-order valence-electron chi connectivity index (χ4n) is 2.12. The number of nitrogens with two attached hydrogens (primary N) is 1. The van der Waals surface area contributed by atoms with Crippen molar-refractivity contribution in [3.05, 3.63) is 59.4 Å². The Morgan fingerprint density at radius 3 is 2.84 bits per heavy atom. The standard InChI is InChI=1S/C15H19N3O/c1-3-19-13-7-4-6-12(10-13)15(18-16)14-8-5-9-17-11(14)2/h4-10,15,18H,3,16H2,1-2H3. The van der Waals surface area contributed by atoms with Gasteiger partial charge in [-0.2, -0.15) is 0 Å². The zero-order valence-corrected chi connectivity index (χ0v) is 11.3. The van der Waals surface area contributed by atoms with Crippen LogP contribution in [0.1, 0.15) is 29.8 Å². The van der Waals surface area contributed by atoms with Crippen LogP contribution in [0, 0.1) is 6.92 Å². The highest BCUT2D eigenvalue weighted by molar-refractivity contribution is 5.37. The summed E-state index contributed by atoms with van der Waals surface area (Å²) in [5.74, 6) is 6.56. The minimum atomic E-state index is -0.0888. The van der Waals surface area contributed by atoms with Crippen molar-refractivity contribution >= 4 is 0 Å². The highest BCUT2D eigenvalue weighted by atomic mass is 16.5. The Morgan fingerprint density at radius 2 is 2.16 bits per heavy atom. The molecule has 0 bridgehead atoms. The molecule has 19 heavy (non-hydrogen) atoms. The minimum absolute atomic E-state index is 0.0888. The molecule has 0 radical (unpaired) electrons. The van der Waals surface area contributed by atoms with E-state index in [-0.39, 0.29) is 6.04 Å². The van der Waals surface area contributed by atoms with E-state index in [1.54, 1.807) is 6.20 Å². The Hall–Kier alpha value is -1.91. The van der Waals surface area contributed by atoms with E-state index in [0.717, 1.165) is 22.6 Å². The van der Waals surface area contributed by atoms with Crippen LogP contribution in [0.5, 0.6) is 5.75 Å². The van der Waals surface area contributed by atoms with Crippen molar-refractivity contribution in [1.29, 1.82) is 0 Å². The number of benzene rings is 1. The molecule has 0 fully saturated rings. The molecule has 2 rings (SSSR count). The molecule has 0 amide bonds. The lowest BCUT2D eigenvalue weighted by Crippen LogP contribution is -2.29. The van der Waals surface area contributed by atoms with Gasteiger partial charge >= 0.3 is 0 Å². The SMILES string of the molecule is CCOc1cccc(C(NN)c2cccnc2C)c1. The molecule has 100 valence electrons. The normalized spacial score (nSPS) is 12.2. The molecule has 1 aromatic heterocycles.